The van der Waals surface area contributed by atoms with Gasteiger partial charge in [0.25, 0.3) is 5.91 Å². The third-order valence-corrected chi connectivity index (χ3v) is 4.21. The Kier molecular flexibility index (Phi) is 3.84. The molecule has 1 fully saturated rings. The summed E-state index contributed by atoms with van der Waals surface area (Å²) in [6.07, 6.45) is -0.0240. The molecule has 1 aromatic heterocycles. The fourth-order valence-electron chi connectivity index (χ4n) is 1.86. The molecular weight excluding hydrogens is 266 g/mol. The van der Waals surface area contributed by atoms with E-state index in [9.17, 15) is 14.4 Å². The van der Waals surface area contributed by atoms with Crippen LogP contribution in [0.4, 0.5) is 4.79 Å². The van der Waals surface area contributed by atoms with E-state index in [1.165, 1.54) is 0 Å². The van der Waals surface area contributed by atoms with Crippen molar-refractivity contribution in [3.8, 4) is 0 Å². The van der Waals surface area contributed by atoms with E-state index in [0.717, 1.165) is 4.88 Å². The molecule has 7 heteroatoms. The third-order valence-electron chi connectivity index (χ3n) is 3.17. The van der Waals surface area contributed by atoms with Crippen LogP contribution in [0.2, 0.25) is 0 Å². The molecule has 1 aliphatic rings. The number of nitrogens with zero attached hydrogens (tertiary/aromatic N) is 1. The summed E-state index contributed by atoms with van der Waals surface area (Å²) in [6, 6.07) is 2.53. The molecular formula is C12H15N3O3S. The zero-order valence-electron chi connectivity index (χ0n) is 10.7. The van der Waals surface area contributed by atoms with Gasteiger partial charge in [0.2, 0.25) is 5.91 Å². The largest absolute Gasteiger partial charge is 0.338 e. The number of urea groups is 1. The van der Waals surface area contributed by atoms with Gasteiger partial charge in [0.1, 0.15) is 6.04 Å². The molecule has 2 N–H and O–H groups in total. The number of carbonyl (C=O) groups excluding carboxylic acids is 3. The average molecular weight is 281 g/mol. The van der Waals surface area contributed by atoms with Crippen molar-refractivity contribution in [1.29, 1.82) is 0 Å². The minimum absolute atomic E-state index is 0.0240. The fourth-order valence-corrected chi connectivity index (χ4v) is 2.68. The lowest BCUT2D eigenvalue weighted by molar-refractivity contribution is -0.134. The van der Waals surface area contributed by atoms with Crippen molar-refractivity contribution in [3.63, 3.8) is 0 Å². The molecule has 2 heterocycles. The van der Waals surface area contributed by atoms with Gasteiger partial charge < -0.3 is 10.2 Å². The molecule has 102 valence electrons. The first-order chi connectivity index (χ1) is 8.99. The van der Waals surface area contributed by atoms with Crippen LogP contribution >= 0.6 is 11.3 Å². The van der Waals surface area contributed by atoms with Crippen molar-refractivity contribution < 1.29 is 14.4 Å². The summed E-state index contributed by atoms with van der Waals surface area (Å²) in [5, 5.41) is 6.48. The van der Waals surface area contributed by atoms with Crippen molar-refractivity contribution in [2.24, 2.45) is 0 Å². The van der Waals surface area contributed by atoms with Crippen molar-refractivity contribution in [3.05, 3.63) is 22.4 Å². The van der Waals surface area contributed by atoms with E-state index >= 15 is 0 Å². The molecule has 1 saturated heterocycles. The molecule has 0 spiro atoms. The molecule has 0 bridgehead atoms. The van der Waals surface area contributed by atoms with E-state index in [4.69, 9.17) is 0 Å². The van der Waals surface area contributed by atoms with Crippen LogP contribution in [0.25, 0.3) is 0 Å². The van der Waals surface area contributed by atoms with Crippen LogP contribution in [0.3, 0.4) is 0 Å². The Bertz CT molecular complexity index is 500. The summed E-state index contributed by atoms with van der Waals surface area (Å²) in [7, 11) is 1.70. The molecule has 6 nitrogen and oxygen atoms in total. The van der Waals surface area contributed by atoms with Crippen molar-refractivity contribution in [2.45, 2.75) is 25.4 Å². The normalized spacial score (nSPS) is 19.8. The molecule has 0 aromatic carbocycles. The molecule has 2 atom stereocenters. The molecule has 0 aliphatic carbocycles. The number of rotatable bonds is 4. The summed E-state index contributed by atoms with van der Waals surface area (Å²) in [6.45, 7) is 1.93. The Morgan fingerprint density at radius 1 is 1.53 bits per heavy atom. The zero-order valence-corrected chi connectivity index (χ0v) is 11.5. The van der Waals surface area contributed by atoms with Crippen LogP contribution in [0.1, 0.15) is 24.3 Å². The quantitative estimate of drug-likeness (QED) is 0.804. The number of imide groups is 1. The van der Waals surface area contributed by atoms with E-state index in [0.29, 0.717) is 0 Å². The van der Waals surface area contributed by atoms with Crippen LogP contribution in [0.5, 0.6) is 0 Å². The number of carbonyl (C=O) groups is 3. The van der Waals surface area contributed by atoms with Crippen LogP contribution in [-0.2, 0) is 9.59 Å². The highest BCUT2D eigenvalue weighted by Gasteiger charge is 2.32. The number of nitrogens with one attached hydrogen (secondary N) is 2. The molecule has 1 aromatic rings. The van der Waals surface area contributed by atoms with Crippen molar-refractivity contribution >= 4 is 29.2 Å². The molecule has 4 amide bonds. The second kappa shape index (κ2) is 5.40. The summed E-state index contributed by atoms with van der Waals surface area (Å²) >= 11 is 1.58. The van der Waals surface area contributed by atoms with E-state index < -0.39 is 18.0 Å². The van der Waals surface area contributed by atoms with Gasteiger partial charge in [-0.15, -0.1) is 11.3 Å². The Morgan fingerprint density at radius 2 is 2.26 bits per heavy atom. The van der Waals surface area contributed by atoms with Gasteiger partial charge >= 0.3 is 6.03 Å². The highest BCUT2D eigenvalue weighted by atomic mass is 32.1. The summed E-state index contributed by atoms with van der Waals surface area (Å²) in [5.74, 6) is -0.626. The summed E-state index contributed by atoms with van der Waals surface area (Å²) in [5.41, 5.74) is 0. The Labute approximate surface area is 114 Å². The van der Waals surface area contributed by atoms with Gasteiger partial charge in [0.05, 0.1) is 12.5 Å². The van der Waals surface area contributed by atoms with Crippen LogP contribution in [0, 0.1) is 0 Å². The maximum absolute atomic E-state index is 12.1. The number of hydrogen-bond acceptors (Lipinski definition) is 4. The van der Waals surface area contributed by atoms with E-state index in [-0.39, 0.29) is 18.4 Å². The number of hydrogen-bond donors (Lipinski definition) is 2. The predicted molar refractivity (Wildman–Crippen MR) is 70.6 cm³/mol. The lowest BCUT2D eigenvalue weighted by atomic mass is 10.1. The Balaban J connectivity index is 1.96. The molecule has 0 radical (unpaired) electrons. The minimum Gasteiger partial charge on any atom is -0.338 e. The van der Waals surface area contributed by atoms with E-state index in [2.05, 4.69) is 10.6 Å². The molecule has 0 unspecified atom stereocenters. The SMILES string of the molecule is C[C@@H](c1cccs1)N(C)C(=O)C[C@H]1NC(=O)NC1=O. The molecule has 1 aliphatic heterocycles. The standard InChI is InChI=1S/C12H15N3O3S/c1-7(9-4-3-5-19-9)15(2)10(16)6-8-11(17)14-12(18)13-8/h3-5,7-8H,6H2,1-2H3,(H2,13,14,17,18)/t7-,8+/m0/s1. The van der Waals surface area contributed by atoms with Gasteiger partial charge in [-0.05, 0) is 18.4 Å². The number of amides is 4. The van der Waals surface area contributed by atoms with Crippen LogP contribution in [-0.4, -0.2) is 35.8 Å². The lowest BCUT2D eigenvalue weighted by Gasteiger charge is -2.24. The maximum atomic E-state index is 12.1. The predicted octanol–water partition coefficient (Wildman–Crippen LogP) is 0.866. The molecule has 19 heavy (non-hydrogen) atoms. The van der Waals surface area contributed by atoms with E-state index in [1.54, 1.807) is 23.3 Å². The third kappa shape index (κ3) is 2.93. The Morgan fingerprint density at radius 3 is 2.79 bits per heavy atom. The number of thiophene rings is 1. The second-order valence-electron chi connectivity index (χ2n) is 4.42. The minimum atomic E-state index is -0.766. The van der Waals surface area contributed by atoms with Gasteiger partial charge in [0.15, 0.2) is 0 Å². The zero-order chi connectivity index (χ0) is 14.0. The van der Waals surface area contributed by atoms with Gasteiger partial charge in [-0.1, -0.05) is 6.07 Å². The smallest absolute Gasteiger partial charge is 0.322 e. The van der Waals surface area contributed by atoms with Crippen LogP contribution in [0.15, 0.2) is 17.5 Å². The van der Waals surface area contributed by atoms with Crippen LogP contribution < -0.4 is 10.6 Å². The summed E-state index contributed by atoms with van der Waals surface area (Å²) < 4.78 is 0. The van der Waals surface area contributed by atoms with E-state index in [1.807, 2.05) is 24.4 Å². The first kappa shape index (κ1) is 13.5. The lowest BCUT2D eigenvalue weighted by Crippen LogP contribution is -2.38. The van der Waals surface area contributed by atoms with Gasteiger partial charge in [-0.2, -0.15) is 0 Å². The van der Waals surface area contributed by atoms with Crippen molar-refractivity contribution in [2.75, 3.05) is 7.05 Å². The fraction of sp³-hybridized carbons (Fsp3) is 0.417. The highest BCUT2D eigenvalue weighted by molar-refractivity contribution is 7.10. The monoisotopic (exact) mass is 281 g/mol. The maximum Gasteiger partial charge on any atom is 0.322 e. The second-order valence-corrected chi connectivity index (χ2v) is 5.39. The average Bonchev–Trinajstić information content (AvgIpc) is 2.98. The van der Waals surface area contributed by atoms with Gasteiger partial charge in [0, 0.05) is 11.9 Å². The first-order valence-corrected chi connectivity index (χ1v) is 6.77. The van der Waals surface area contributed by atoms with Gasteiger partial charge in [-0.3, -0.25) is 14.9 Å². The highest BCUT2D eigenvalue weighted by Crippen LogP contribution is 2.24. The Hall–Kier alpha value is -1.89. The molecule has 0 saturated carbocycles. The molecule has 2 rings (SSSR count). The van der Waals surface area contributed by atoms with Crippen molar-refractivity contribution in [1.82, 2.24) is 15.5 Å². The van der Waals surface area contributed by atoms with Gasteiger partial charge in [-0.25, -0.2) is 4.79 Å². The summed E-state index contributed by atoms with van der Waals surface area (Å²) in [4.78, 5) is 37.1. The first-order valence-electron chi connectivity index (χ1n) is 5.89. The topological polar surface area (TPSA) is 78.5 Å².